The Kier molecular flexibility index (Phi) is 9.57. The molecule has 1 aliphatic heterocycles. The molecule has 0 radical (unpaired) electrons. The quantitative estimate of drug-likeness (QED) is 0.454. The van der Waals surface area contributed by atoms with Gasteiger partial charge in [0.05, 0.1) is 0 Å². The lowest BCUT2D eigenvalue weighted by atomic mass is 9.96. The number of nitrogens with zero attached hydrogens (tertiary/aromatic N) is 2. The average Bonchev–Trinajstić information content (AvgIpc) is 2.76. The fourth-order valence-corrected chi connectivity index (χ4v) is 4.49. The Balaban J connectivity index is 0.00000181. The Morgan fingerprint density at radius 1 is 0.875 bits per heavy atom. The Hall–Kier alpha value is -2.07. The molecule has 0 bridgehead atoms. The molecule has 0 spiro atoms. The van der Waals surface area contributed by atoms with Crippen LogP contribution in [0.2, 0.25) is 0 Å². The van der Waals surface area contributed by atoms with Gasteiger partial charge in [0, 0.05) is 36.2 Å². The van der Waals surface area contributed by atoms with Crippen LogP contribution in [0.15, 0.2) is 54.9 Å². The maximum absolute atomic E-state index is 4.61. The number of aromatic nitrogens is 1. The zero-order chi connectivity index (χ0) is 21.1. The summed E-state index contributed by atoms with van der Waals surface area (Å²) < 4.78 is 0. The first-order chi connectivity index (χ1) is 14.5. The predicted octanol–water partition coefficient (Wildman–Crippen LogP) is 6.58. The number of benzene rings is 2. The van der Waals surface area contributed by atoms with E-state index in [1.807, 2.05) is 12.4 Å². The fourth-order valence-electron chi connectivity index (χ4n) is 4.49. The third-order valence-corrected chi connectivity index (χ3v) is 6.49. The number of rotatable bonds is 5. The second kappa shape index (κ2) is 11.7. The van der Waals surface area contributed by atoms with E-state index in [1.54, 1.807) is 0 Å². The van der Waals surface area contributed by atoms with Crippen molar-refractivity contribution in [3.05, 3.63) is 82.7 Å². The van der Waals surface area contributed by atoms with E-state index in [0.717, 1.165) is 19.6 Å². The molecule has 3 aromatic rings. The van der Waals surface area contributed by atoms with E-state index in [1.165, 1.54) is 57.5 Å². The molecular formula is C27H35Cl2N3. The molecule has 5 heteroatoms. The van der Waals surface area contributed by atoms with Crippen LogP contribution >= 0.6 is 24.8 Å². The zero-order valence-corrected chi connectivity index (χ0v) is 21.2. The minimum absolute atomic E-state index is 0. The van der Waals surface area contributed by atoms with Crippen molar-refractivity contribution in [3.63, 3.8) is 0 Å². The first kappa shape index (κ1) is 26.2. The van der Waals surface area contributed by atoms with E-state index in [-0.39, 0.29) is 24.8 Å². The van der Waals surface area contributed by atoms with E-state index in [9.17, 15) is 0 Å². The maximum atomic E-state index is 4.61. The van der Waals surface area contributed by atoms with Gasteiger partial charge in [-0.05, 0) is 105 Å². The average molecular weight is 473 g/mol. The van der Waals surface area contributed by atoms with Crippen LogP contribution in [0.1, 0.15) is 40.7 Å². The highest BCUT2D eigenvalue weighted by atomic mass is 35.5. The van der Waals surface area contributed by atoms with E-state index in [0.29, 0.717) is 6.04 Å². The molecule has 2 heterocycles. The molecule has 172 valence electrons. The zero-order valence-electron chi connectivity index (χ0n) is 19.5. The monoisotopic (exact) mass is 471 g/mol. The lowest BCUT2D eigenvalue weighted by Gasteiger charge is -2.36. The summed E-state index contributed by atoms with van der Waals surface area (Å²) in [6.07, 6.45) is 6.38. The fraction of sp³-hybridized carbons (Fsp3) is 0.370. The second-order valence-electron chi connectivity index (χ2n) is 8.76. The molecule has 1 fully saturated rings. The van der Waals surface area contributed by atoms with Crippen LogP contribution in [-0.2, 0) is 6.54 Å². The Bertz CT molecular complexity index is 1010. The number of nitrogens with one attached hydrogen (secondary N) is 1. The van der Waals surface area contributed by atoms with Crippen LogP contribution in [0.25, 0.3) is 11.1 Å². The Morgan fingerprint density at radius 2 is 1.56 bits per heavy atom. The molecule has 1 N–H and O–H groups in total. The summed E-state index contributed by atoms with van der Waals surface area (Å²) in [4.78, 5) is 7.20. The number of hydrogen-bond acceptors (Lipinski definition) is 3. The molecule has 1 aliphatic rings. The summed E-state index contributed by atoms with van der Waals surface area (Å²) in [5.74, 6) is 0. The summed E-state index contributed by atoms with van der Waals surface area (Å²) in [5.41, 5.74) is 10.4. The van der Waals surface area contributed by atoms with Crippen molar-refractivity contribution in [2.24, 2.45) is 0 Å². The molecule has 0 aliphatic carbocycles. The molecule has 1 saturated heterocycles. The molecule has 3 nitrogen and oxygen atoms in total. The first-order valence-corrected chi connectivity index (χ1v) is 11.1. The van der Waals surface area contributed by atoms with Crippen LogP contribution in [0.4, 0.5) is 5.69 Å². The number of hydrogen-bond donors (Lipinski definition) is 1. The van der Waals surface area contributed by atoms with Gasteiger partial charge in [0.25, 0.3) is 0 Å². The minimum Gasteiger partial charge on any atom is -0.364 e. The van der Waals surface area contributed by atoms with E-state index in [2.05, 4.69) is 85.4 Å². The van der Waals surface area contributed by atoms with Crippen LogP contribution < -0.4 is 10.2 Å². The summed E-state index contributed by atoms with van der Waals surface area (Å²) >= 11 is 0. The van der Waals surface area contributed by atoms with Crippen molar-refractivity contribution in [2.45, 2.75) is 53.1 Å². The third-order valence-electron chi connectivity index (χ3n) is 6.49. The largest absolute Gasteiger partial charge is 0.364 e. The number of anilines is 1. The van der Waals surface area contributed by atoms with Gasteiger partial charge < -0.3 is 10.2 Å². The second-order valence-corrected chi connectivity index (χ2v) is 8.76. The number of piperidine rings is 1. The Morgan fingerprint density at radius 3 is 2.22 bits per heavy atom. The van der Waals surface area contributed by atoms with Gasteiger partial charge in [-0.2, -0.15) is 0 Å². The Labute approximate surface area is 205 Å². The predicted molar refractivity (Wildman–Crippen MR) is 142 cm³/mol. The van der Waals surface area contributed by atoms with Crippen LogP contribution in [0.3, 0.4) is 0 Å². The van der Waals surface area contributed by atoms with Gasteiger partial charge in [-0.25, -0.2) is 0 Å². The van der Waals surface area contributed by atoms with Gasteiger partial charge >= 0.3 is 0 Å². The van der Waals surface area contributed by atoms with Gasteiger partial charge in [-0.3, -0.25) is 4.98 Å². The molecule has 1 aromatic heterocycles. The van der Waals surface area contributed by atoms with Crippen molar-refractivity contribution in [1.29, 1.82) is 0 Å². The SMILES string of the molecule is Cc1cccc(N(Cc2cncc(-c3cc(C)c(C)c(C)c3)c2)C2CCNCC2)c1.Cl.Cl. The maximum Gasteiger partial charge on any atom is 0.0448 e. The molecule has 0 unspecified atom stereocenters. The molecule has 0 saturated carbocycles. The minimum atomic E-state index is 0. The summed E-state index contributed by atoms with van der Waals surface area (Å²) in [5, 5.41) is 3.50. The highest BCUT2D eigenvalue weighted by Crippen LogP contribution is 2.28. The van der Waals surface area contributed by atoms with E-state index in [4.69, 9.17) is 0 Å². The van der Waals surface area contributed by atoms with Crippen molar-refractivity contribution in [1.82, 2.24) is 10.3 Å². The van der Waals surface area contributed by atoms with Crippen LogP contribution in [-0.4, -0.2) is 24.1 Å². The molecule has 2 aromatic carbocycles. The standard InChI is InChI=1S/C27H33N3.2ClH/c1-19-6-5-7-27(12-19)30(26-8-10-28-11-9-26)18-23-15-25(17-29-16-23)24-13-20(2)22(4)21(3)14-24;;/h5-7,12-17,26,28H,8-11,18H2,1-4H3;2*1H. The van der Waals surface area contributed by atoms with Gasteiger partial charge in [0.2, 0.25) is 0 Å². The summed E-state index contributed by atoms with van der Waals surface area (Å²) in [6, 6.07) is 16.4. The van der Waals surface area contributed by atoms with Gasteiger partial charge in [0.1, 0.15) is 0 Å². The lowest BCUT2D eigenvalue weighted by molar-refractivity contribution is 0.428. The van der Waals surface area contributed by atoms with Crippen LogP contribution in [0.5, 0.6) is 0 Å². The van der Waals surface area contributed by atoms with E-state index < -0.39 is 0 Å². The van der Waals surface area contributed by atoms with Crippen LogP contribution in [0, 0.1) is 27.7 Å². The van der Waals surface area contributed by atoms with Gasteiger partial charge in [-0.15, -0.1) is 24.8 Å². The highest BCUT2D eigenvalue weighted by Gasteiger charge is 2.22. The van der Waals surface area contributed by atoms with Crippen molar-refractivity contribution in [3.8, 4) is 11.1 Å². The summed E-state index contributed by atoms with van der Waals surface area (Å²) in [6.45, 7) is 11.8. The van der Waals surface area contributed by atoms with E-state index >= 15 is 0 Å². The molecule has 32 heavy (non-hydrogen) atoms. The number of aryl methyl sites for hydroxylation is 3. The third kappa shape index (κ3) is 6.04. The number of pyridine rings is 1. The topological polar surface area (TPSA) is 28.2 Å². The van der Waals surface area contributed by atoms with Crippen molar-refractivity contribution in [2.75, 3.05) is 18.0 Å². The molecular weight excluding hydrogens is 437 g/mol. The summed E-state index contributed by atoms with van der Waals surface area (Å²) in [7, 11) is 0. The first-order valence-electron chi connectivity index (χ1n) is 11.1. The molecule has 4 rings (SSSR count). The highest BCUT2D eigenvalue weighted by molar-refractivity contribution is 5.85. The normalized spacial score (nSPS) is 13.8. The lowest BCUT2D eigenvalue weighted by Crippen LogP contribution is -2.43. The van der Waals surface area contributed by atoms with Crippen molar-refractivity contribution < 1.29 is 0 Å². The molecule has 0 amide bonds. The molecule has 0 atom stereocenters. The van der Waals surface area contributed by atoms with Gasteiger partial charge in [0.15, 0.2) is 0 Å². The smallest absolute Gasteiger partial charge is 0.0448 e. The number of halogens is 2. The van der Waals surface area contributed by atoms with Crippen molar-refractivity contribution >= 4 is 30.5 Å². The van der Waals surface area contributed by atoms with Gasteiger partial charge in [-0.1, -0.05) is 24.3 Å².